The largest absolute Gasteiger partial charge is 0.457 e. The van der Waals surface area contributed by atoms with E-state index in [1.807, 2.05) is 36.4 Å². The topological polar surface area (TPSA) is 48.1 Å². The van der Waals surface area contributed by atoms with Crippen LogP contribution in [0.15, 0.2) is 48.8 Å². The summed E-state index contributed by atoms with van der Waals surface area (Å²) in [6, 6.07) is 11.4. The maximum absolute atomic E-state index is 5.63. The molecule has 15 heavy (non-hydrogen) atoms. The smallest absolute Gasteiger partial charge is 0.130 e. The van der Waals surface area contributed by atoms with Gasteiger partial charge in [0, 0.05) is 18.9 Å². The summed E-state index contributed by atoms with van der Waals surface area (Å²) in [4.78, 5) is 3.92. The number of nitrogens with two attached hydrogens (primary N) is 1. The number of hydrogen-bond acceptors (Lipinski definition) is 3. The van der Waals surface area contributed by atoms with Gasteiger partial charge in [-0.15, -0.1) is 0 Å². The first-order valence-electron chi connectivity index (χ1n) is 4.75. The van der Waals surface area contributed by atoms with Gasteiger partial charge in [-0.1, -0.05) is 12.1 Å². The average Bonchev–Trinajstić information content (AvgIpc) is 2.31. The molecule has 0 aliphatic heterocycles. The van der Waals surface area contributed by atoms with Gasteiger partial charge in [0.1, 0.15) is 11.5 Å². The highest BCUT2D eigenvalue weighted by molar-refractivity contribution is 5.32. The van der Waals surface area contributed by atoms with Crippen LogP contribution in [0.4, 0.5) is 0 Å². The SMILES string of the molecule is NCc1cccc(Oc2ccncc2)c1. The predicted octanol–water partition coefficient (Wildman–Crippen LogP) is 2.33. The van der Waals surface area contributed by atoms with E-state index >= 15 is 0 Å². The first kappa shape index (κ1) is 9.68. The van der Waals surface area contributed by atoms with Crippen molar-refractivity contribution in [3.63, 3.8) is 0 Å². The number of rotatable bonds is 3. The number of pyridine rings is 1. The third kappa shape index (κ3) is 2.54. The molecule has 0 bridgehead atoms. The Morgan fingerprint density at radius 2 is 1.87 bits per heavy atom. The van der Waals surface area contributed by atoms with E-state index in [4.69, 9.17) is 10.5 Å². The standard InChI is InChI=1S/C12H12N2O/c13-9-10-2-1-3-12(8-10)15-11-4-6-14-7-5-11/h1-8H,9,13H2. The molecule has 0 unspecified atom stereocenters. The summed E-state index contributed by atoms with van der Waals surface area (Å²) in [6.07, 6.45) is 3.39. The van der Waals surface area contributed by atoms with Crippen LogP contribution in [-0.4, -0.2) is 4.98 Å². The fourth-order valence-corrected chi connectivity index (χ4v) is 1.28. The molecule has 0 aliphatic rings. The summed E-state index contributed by atoms with van der Waals surface area (Å²) in [5, 5.41) is 0. The van der Waals surface area contributed by atoms with Crippen LogP contribution in [0.3, 0.4) is 0 Å². The van der Waals surface area contributed by atoms with E-state index in [1.54, 1.807) is 12.4 Å². The first-order chi connectivity index (χ1) is 7.38. The number of benzene rings is 1. The van der Waals surface area contributed by atoms with Crippen molar-refractivity contribution in [1.82, 2.24) is 4.98 Å². The predicted molar refractivity (Wildman–Crippen MR) is 58.6 cm³/mol. The van der Waals surface area contributed by atoms with Gasteiger partial charge in [-0.2, -0.15) is 0 Å². The third-order valence-corrected chi connectivity index (χ3v) is 2.02. The van der Waals surface area contributed by atoms with Crippen molar-refractivity contribution in [1.29, 1.82) is 0 Å². The molecule has 3 nitrogen and oxygen atoms in total. The molecule has 3 heteroatoms. The Morgan fingerprint density at radius 3 is 2.60 bits per heavy atom. The van der Waals surface area contributed by atoms with E-state index in [0.29, 0.717) is 6.54 Å². The molecular formula is C12H12N2O. The van der Waals surface area contributed by atoms with Crippen LogP contribution in [-0.2, 0) is 6.54 Å². The van der Waals surface area contributed by atoms with E-state index in [9.17, 15) is 0 Å². The Hall–Kier alpha value is -1.87. The van der Waals surface area contributed by atoms with Crippen molar-refractivity contribution >= 4 is 0 Å². The maximum Gasteiger partial charge on any atom is 0.130 e. The van der Waals surface area contributed by atoms with Gasteiger partial charge >= 0.3 is 0 Å². The second-order valence-corrected chi connectivity index (χ2v) is 3.14. The molecule has 0 radical (unpaired) electrons. The van der Waals surface area contributed by atoms with Gasteiger partial charge in [-0.05, 0) is 29.8 Å². The highest BCUT2D eigenvalue weighted by Gasteiger charge is 1.97. The van der Waals surface area contributed by atoms with Crippen molar-refractivity contribution in [2.45, 2.75) is 6.54 Å². The molecular weight excluding hydrogens is 188 g/mol. The lowest BCUT2D eigenvalue weighted by molar-refractivity contribution is 0.481. The van der Waals surface area contributed by atoms with Crippen molar-refractivity contribution in [3.8, 4) is 11.5 Å². The highest BCUT2D eigenvalue weighted by atomic mass is 16.5. The van der Waals surface area contributed by atoms with Crippen LogP contribution in [0.2, 0.25) is 0 Å². The van der Waals surface area contributed by atoms with Crippen LogP contribution < -0.4 is 10.5 Å². The van der Waals surface area contributed by atoms with Crippen molar-refractivity contribution in [2.24, 2.45) is 5.73 Å². The lowest BCUT2D eigenvalue weighted by atomic mass is 10.2. The molecule has 2 aromatic rings. The van der Waals surface area contributed by atoms with Gasteiger partial charge in [-0.25, -0.2) is 0 Å². The quantitative estimate of drug-likeness (QED) is 0.827. The zero-order valence-corrected chi connectivity index (χ0v) is 8.26. The highest BCUT2D eigenvalue weighted by Crippen LogP contribution is 2.20. The van der Waals surface area contributed by atoms with E-state index in [1.165, 1.54) is 0 Å². The van der Waals surface area contributed by atoms with Gasteiger partial charge in [0.15, 0.2) is 0 Å². The van der Waals surface area contributed by atoms with Crippen LogP contribution in [0, 0.1) is 0 Å². The zero-order valence-electron chi connectivity index (χ0n) is 8.26. The van der Waals surface area contributed by atoms with E-state index < -0.39 is 0 Å². The van der Waals surface area contributed by atoms with E-state index in [0.717, 1.165) is 17.1 Å². The summed E-state index contributed by atoms with van der Waals surface area (Å²) >= 11 is 0. The van der Waals surface area contributed by atoms with Crippen molar-refractivity contribution < 1.29 is 4.74 Å². The second-order valence-electron chi connectivity index (χ2n) is 3.14. The average molecular weight is 200 g/mol. The Bertz CT molecular complexity index is 429. The second kappa shape index (κ2) is 4.57. The Labute approximate surface area is 88.5 Å². The summed E-state index contributed by atoms with van der Waals surface area (Å²) in [5.41, 5.74) is 6.60. The Morgan fingerprint density at radius 1 is 1.07 bits per heavy atom. The fraction of sp³-hybridized carbons (Fsp3) is 0.0833. The molecule has 1 aromatic carbocycles. The maximum atomic E-state index is 5.63. The minimum Gasteiger partial charge on any atom is -0.457 e. The van der Waals surface area contributed by atoms with Crippen molar-refractivity contribution in [2.75, 3.05) is 0 Å². The summed E-state index contributed by atoms with van der Waals surface area (Å²) < 4.78 is 5.63. The molecule has 0 aliphatic carbocycles. The van der Waals surface area contributed by atoms with E-state index in [2.05, 4.69) is 4.98 Å². The normalized spacial score (nSPS) is 9.93. The molecule has 76 valence electrons. The van der Waals surface area contributed by atoms with Crippen LogP contribution in [0.1, 0.15) is 5.56 Å². The molecule has 1 aromatic heterocycles. The molecule has 0 amide bonds. The lowest BCUT2D eigenvalue weighted by Crippen LogP contribution is -1.96. The molecule has 0 saturated carbocycles. The lowest BCUT2D eigenvalue weighted by Gasteiger charge is -2.06. The van der Waals surface area contributed by atoms with E-state index in [-0.39, 0.29) is 0 Å². The Kier molecular flexibility index (Phi) is 2.95. The molecule has 1 heterocycles. The van der Waals surface area contributed by atoms with Crippen LogP contribution in [0.25, 0.3) is 0 Å². The summed E-state index contributed by atoms with van der Waals surface area (Å²) in [5.74, 6) is 1.57. The van der Waals surface area contributed by atoms with Gasteiger partial charge < -0.3 is 10.5 Å². The van der Waals surface area contributed by atoms with Gasteiger partial charge in [0.25, 0.3) is 0 Å². The molecule has 2 rings (SSSR count). The van der Waals surface area contributed by atoms with Gasteiger partial charge in [0.05, 0.1) is 0 Å². The first-order valence-corrected chi connectivity index (χ1v) is 4.75. The van der Waals surface area contributed by atoms with Crippen molar-refractivity contribution in [3.05, 3.63) is 54.4 Å². The third-order valence-electron chi connectivity index (χ3n) is 2.02. The minimum absolute atomic E-state index is 0.521. The van der Waals surface area contributed by atoms with Crippen LogP contribution >= 0.6 is 0 Å². The minimum atomic E-state index is 0.521. The number of nitrogens with zero attached hydrogens (tertiary/aromatic N) is 1. The molecule has 0 atom stereocenters. The van der Waals surface area contributed by atoms with Crippen LogP contribution in [0.5, 0.6) is 11.5 Å². The monoisotopic (exact) mass is 200 g/mol. The number of aromatic nitrogens is 1. The fourth-order valence-electron chi connectivity index (χ4n) is 1.28. The summed E-state index contributed by atoms with van der Waals surface area (Å²) in [7, 11) is 0. The summed E-state index contributed by atoms with van der Waals surface area (Å²) in [6.45, 7) is 0.521. The molecule has 0 saturated heterocycles. The van der Waals surface area contributed by atoms with Gasteiger partial charge in [0.2, 0.25) is 0 Å². The molecule has 2 N–H and O–H groups in total. The molecule has 0 fully saturated rings. The zero-order chi connectivity index (χ0) is 10.5. The van der Waals surface area contributed by atoms with Gasteiger partial charge in [-0.3, -0.25) is 4.98 Å². The molecule has 0 spiro atoms. The Balaban J connectivity index is 2.17. The number of ether oxygens (including phenoxy) is 1. The number of hydrogen-bond donors (Lipinski definition) is 1.